The van der Waals surface area contributed by atoms with E-state index in [0.717, 1.165) is 31.2 Å². The molecule has 0 saturated heterocycles. The molecule has 2 heterocycles. The lowest BCUT2D eigenvalue weighted by molar-refractivity contribution is 0.278. The highest BCUT2D eigenvalue weighted by Crippen LogP contribution is 2.11. The third kappa shape index (κ3) is 4.21. The Labute approximate surface area is 120 Å². The molecule has 0 aromatic carbocycles. The number of aryl methyl sites for hydroxylation is 1. The lowest BCUT2D eigenvalue weighted by atomic mass is 10.3. The molecular formula is C15H24N4O. The Kier molecular flexibility index (Phi) is 4.98. The molecule has 0 aliphatic rings. The van der Waals surface area contributed by atoms with Gasteiger partial charge in [-0.15, -0.1) is 0 Å². The summed E-state index contributed by atoms with van der Waals surface area (Å²) in [5.74, 6) is 2.04. The number of nitrogens with zero attached hydrogens (tertiary/aromatic N) is 3. The van der Waals surface area contributed by atoms with Crippen LogP contribution >= 0.6 is 0 Å². The van der Waals surface area contributed by atoms with Crippen LogP contribution in [-0.2, 0) is 26.7 Å². The number of rotatable bonds is 7. The predicted octanol–water partition coefficient (Wildman–Crippen LogP) is 2.14. The van der Waals surface area contributed by atoms with E-state index in [2.05, 4.69) is 42.2 Å². The predicted molar refractivity (Wildman–Crippen MR) is 79.1 cm³/mol. The van der Waals surface area contributed by atoms with Gasteiger partial charge in [0.2, 0.25) is 0 Å². The molecule has 0 amide bonds. The lowest BCUT2D eigenvalue weighted by Crippen LogP contribution is -2.21. The van der Waals surface area contributed by atoms with Crippen molar-refractivity contribution in [3.8, 4) is 0 Å². The standard InChI is InChI=1S/C15H24N4O/c1-12(2)17-8-13-7-14(20-11-13)9-18(3)10-15-16-5-6-19(15)4/h5-7,11-12,17H,8-10H2,1-4H3. The second-order valence-corrected chi connectivity index (χ2v) is 5.58. The number of hydrogen-bond acceptors (Lipinski definition) is 4. The lowest BCUT2D eigenvalue weighted by Gasteiger charge is -2.14. The molecule has 110 valence electrons. The summed E-state index contributed by atoms with van der Waals surface area (Å²) in [5, 5.41) is 3.39. The van der Waals surface area contributed by atoms with Gasteiger partial charge in [0.25, 0.3) is 0 Å². The molecule has 2 rings (SSSR count). The SMILES string of the molecule is CC(C)NCc1coc(CN(C)Cc2nccn2C)c1. The summed E-state index contributed by atoms with van der Waals surface area (Å²) in [6, 6.07) is 2.60. The zero-order valence-corrected chi connectivity index (χ0v) is 12.8. The largest absolute Gasteiger partial charge is 0.468 e. The molecule has 1 N–H and O–H groups in total. The number of nitrogens with one attached hydrogen (secondary N) is 1. The van der Waals surface area contributed by atoms with Gasteiger partial charge in [-0.1, -0.05) is 13.8 Å². The maximum absolute atomic E-state index is 5.61. The van der Waals surface area contributed by atoms with E-state index in [1.807, 2.05) is 30.3 Å². The number of hydrogen-bond donors (Lipinski definition) is 1. The normalized spacial score (nSPS) is 11.7. The summed E-state index contributed by atoms with van der Waals surface area (Å²) >= 11 is 0. The fraction of sp³-hybridized carbons (Fsp3) is 0.533. The third-order valence-electron chi connectivity index (χ3n) is 3.18. The molecule has 0 unspecified atom stereocenters. The number of aromatic nitrogens is 2. The Hall–Kier alpha value is -1.59. The van der Waals surface area contributed by atoms with Crippen LogP contribution in [0.15, 0.2) is 29.1 Å². The molecule has 20 heavy (non-hydrogen) atoms. The van der Waals surface area contributed by atoms with Gasteiger partial charge in [0.15, 0.2) is 0 Å². The summed E-state index contributed by atoms with van der Waals surface area (Å²) in [6.07, 6.45) is 5.62. The molecule has 0 spiro atoms. The van der Waals surface area contributed by atoms with Crippen LogP contribution in [0.25, 0.3) is 0 Å². The Morgan fingerprint density at radius 2 is 2.20 bits per heavy atom. The van der Waals surface area contributed by atoms with Gasteiger partial charge < -0.3 is 14.3 Å². The molecule has 0 radical (unpaired) electrons. The van der Waals surface area contributed by atoms with Crippen molar-refractivity contribution in [2.24, 2.45) is 7.05 Å². The molecule has 2 aromatic rings. The summed E-state index contributed by atoms with van der Waals surface area (Å²) in [4.78, 5) is 6.53. The number of imidazole rings is 1. The zero-order valence-electron chi connectivity index (χ0n) is 12.8. The fourth-order valence-electron chi connectivity index (χ4n) is 2.04. The van der Waals surface area contributed by atoms with Crippen molar-refractivity contribution < 1.29 is 4.42 Å². The first-order valence-electron chi connectivity index (χ1n) is 6.99. The van der Waals surface area contributed by atoms with Crippen molar-refractivity contribution in [3.05, 3.63) is 41.9 Å². The van der Waals surface area contributed by atoms with Crippen molar-refractivity contribution >= 4 is 0 Å². The molecular weight excluding hydrogens is 252 g/mol. The Morgan fingerprint density at radius 3 is 2.85 bits per heavy atom. The van der Waals surface area contributed by atoms with Crippen molar-refractivity contribution in [1.82, 2.24) is 19.8 Å². The summed E-state index contributed by atoms with van der Waals surface area (Å²) in [7, 11) is 4.09. The van der Waals surface area contributed by atoms with Gasteiger partial charge in [-0.3, -0.25) is 4.90 Å². The topological polar surface area (TPSA) is 46.2 Å². The molecule has 0 bridgehead atoms. The van der Waals surface area contributed by atoms with Crippen LogP contribution in [0.3, 0.4) is 0 Å². The summed E-state index contributed by atoms with van der Waals surface area (Å²) in [6.45, 7) is 6.73. The van der Waals surface area contributed by atoms with Gasteiger partial charge in [0.1, 0.15) is 11.6 Å². The molecule has 0 atom stereocenters. The second-order valence-electron chi connectivity index (χ2n) is 5.58. The van der Waals surface area contributed by atoms with E-state index in [0.29, 0.717) is 6.04 Å². The average Bonchev–Trinajstić information content (AvgIpc) is 2.97. The third-order valence-corrected chi connectivity index (χ3v) is 3.18. The highest BCUT2D eigenvalue weighted by Gasteiger charge is 2.08. The Bertz CT molecular complexity index is 529. The van der Waals surface area contributed by atoms with Crippen LogP contribution < -0.4 is 5.32 Å². The second kappa shape index (κ2) is 6.72. The minimum atomic E-state index is 0.486. The average molecular weight is 276 g/mol. The van der Waals surface area contributed by atoms with Gasteiger partial charge in [-0.2, -0.15) is 0 Å². The summed E-state index contributed by atoms with van der Waals surface area (Å²) in [5.41, 5.74) is 1.19. The summed E-state index contributed by atoms with van der Waals surface area (Å²) < 4.78 is 7.65. The molecule has 0 fully saturated rings. The molecule has 2 aromatic heterocycles. The van der Waals surface area contributed by atoms with Crippen molar-refractivity contribution in [1.29, 1.82) is 0 Å². The van der Waals surface area contributed by atoms with Gasteiger partial charge in [-0.05, 0) is 13.1 Å². The molecule has 0 aliphatic carbocycles. The van der Waals surface area contributed by atoms with Gasteiger partial charge in [0, 0.05) is 37.6 Å². The fourth-order valence-corrected chi connectivity index (χ4v) is 2.04. The quantitative estimate of drug-likeness (QED) is 0.841. The first-order chi connectivity index (χ1) is 9.54. The van der Waals surface area contributed by atoms with E-state index in [-0.39, 0.29) is 0 Å². The monoisotopic (exact) mass is 276 g/mol. The first kappa shape index (κ1) is 14.8. The van der Waals surface area contributed by atoms with E-state index in [1.54, 1.807) is 0 Å². The van der Waals surface area contributed by atoms with Crippen LogP contribution in [0.4, 0.5) is 0 Å². The van der Waals surface area contributed by atoms with E-state index < -0.39 is 0 Å². The van der Waals surface area contributed by atoms with E-state index in [4.69, 9.17) is 4.42 Å². The van der Waals surface area contributed by atoms with Crippen LogP contribution in [0.1, 0.15) is 31.0 Å². The molecule has 0 aliphatic heterocycles. The molecule has 0 saturated carbocycles. The Balaban J connectivity index is 1.85. The molecule has 5 nitrogen and oxygen atoms in total. The van der Waals surface area contributed by atoms with E-state index >= 15 is 0 Å². The van der Waals surface area contributed by atoms with Gasteiger partial charge >= 0.3 is 0 Å². The maximum Gasteiger partial charge on any atom is 0.122 e. The van der Waals surface area contributed by atoms with E-state index in [1.165, 1.54) is 5.56 Å². The smallest absolute Gasteiger partial charge is 0.122 e. The highest BCUT2D eigenvalue weighted by molar-refractivity contribution is 5.12. The van der Waals surface area contributed by atoms with Crippen LogP contribution in [0, 0.1) is 0 Å². The van der Waals surface area contributed by atoms with Gasteiger partial charge in [0.05, 0.1) is 19.4 Å². The van der Waals surface area contributed by atoms with Crippen LogP contribution in [0.2, 0.25) is 0 Å². The van der Waals surface area contributed by atoms with Crippen LogP contribution in [-0.4, -0.2) is 27.5 Å². The first-order valence-corrected chi connectivity index (χ1v) is 6.99. The Morgan fingerprint density at radius 1 is 1.40 bits per heavy atom. The molecule has 5 heteroatoms. The minimum absolute atomic E-state index is 0.486. The van der Waals surface area contributed by atoms with Crippen molar-refractivity contribution in [2.75, 3.05) is 7.05 Å². The highest BCUT2D eigenvalue weighted by atomic mass is 16.3. The van der Waals surface area contributed by atoms with E-state index in [9.17, 15) is 0 Å². The van der Waals surface area contributed by atoms with Crippen molar-refractivity contribution in [3.63, 3.8) is 0 Å². The number of furan rings is 1. The van der Waals surface area contributed by atoms with Crippen molar-refractivity contribution in [2.45, 2.75) is 39.5 Å². The van der Waals surface area contributed by atoms with Gasteiger partial charge in [-0.25, -0.2) is 4.98 Å². The van der Waals surface area contributed by atoms with Crippen LogP contribution in [0.5, 0.6) is 0 Å². The minimum Gasteiger partial charge on any atom is -0.468 e. The maximum atomic E-state index is 5.61. The zero-order chi connectivity index (χ0) is 14.5.